The van der Waals surface area contributed by atoms with E-state index in [0.29, 0.717) is 5.41 Å². The summed E-state index contributed by atoms with van der Waals surface area (Å²) in [4.78, 5) is 6.80. The number of nitrogens with zero attached hydrogens (tertiary/aromatic N) is 5. The van der Waals surface area contributed by atoms with Crippen LogP contribution in [0.4, 0.5) is 5.82 Å². The fourth-order valence-corrected chi connectivity index (χ4v) is 2.70. The zero-order chi connectivity index (χ0) is 14.2. The van der Waals surface area contributed by atoms with Crippen LogP contribution in [0.3, 0.4) is 0 Å². The maximum atomic E-state index is 4.41. The molecule has 0 saturated carbocycles. The Kier molecular flexibility index (Phi) is 3.33. The highest BCUT2D eigenvalue weighted by molar-refractivity contribution is 5.61. The predicted octanol–water partition coefficient (Wildman–Crippen LogP) is 1.58. The zero-order valence-electron chi connectivity index (χ0n) is 12.4. The van der Waals surface area contributed by atoms with Crippen LogP contribution in [-0.4, -0.2) is 51.2 Å². The van der Waals surface area contributed by atoms with Crippen molar-refractivity contribution in [1.29, 1.82) is 0 Å². The Bertz CT molecular complexity index is 597. The minimum Gasteiger partial charge on any atom is -0.366 e. The summed E-state index contributed by atoms with van der Waals surface area (Å²) in [6.07, 6.45) is 6.12. The van der Waals surface area contributed by atoms with Gasteiger partial charge in [-0.1, -0.05) is 6.92 Å². The molecule has 20 heavy (non-hydrogen) atoms. The van der Waals surface area contributed by atoms with E-state index in [1.807, 2.05) is 17.5 Å². The molecule has 0 amide bonds. The molecule has 1 aliphatic heterocycles. The molecule has 2 aromatic rings. The van der Waals surface area contributed by atoms with E-state index in [2.05, 4.69) is 39.4 Å². The quantitative estimate of drug-likeness (QED) is 0.921. The summed E-state index contributed by atoms with van der Waals surface area (Å²) in [5, 5.41) is 11.8. The molecule has 108 valence electrons. The van der Waals surface area contributed by atoms with Gasteiger partial charge < -0.3 is 10.2 Å². The fraction of sp³-hybridized carbons (Fsp3) is 0.643. The maximum Gasteiger partial charge on any atom is 0.203 e. The second-order valence-electron chi connectivity index (χ2n) is 6.18. The average Bonchev–Trinajstić information content (AvgIpc) is 2.83. The van der Waals surface area contributed by atoms with Gasteiger partial charge in [0.25, 0.3) is 0 Å². The number of fused-ring (bicyclic) bond motifs is 1. The smallest absolute Gasteiger partial charge is 0.203 e. The summed E-state index contributed by atoms with van der Waals surface area (Å²) in [5.41, 5.74) is 1.14. The topological polar surface area (TPSA) is 58.4 Å². The summed E-state index contributed by atoms with van der Waals surface area (Å²) in [7, 11) is 2.19. The van der Waals surface area contributed by atoms with E-state index < -0.39 is 0 Å². The molecule has 0 bridgehead atoms. The van der Waals surface area contributed by atoms with Crippen molar-refractivity contribution >= 4 is 11.5 Å². The van der Waals surface area contributed by atoms with Crippen LogP contribution in [0.1, 0.15) is 25.6 Å². The molecular weight excluding hydrogens is 252 g/mol. The highest BCUT2D eigenvalue weighted by Crippen LogP contribution is 2.30. The number of piperidine rings is 1. The first kappa shape index (κ1) is 13.3. The van der Waals surface area contributed by atoms with Gasteiger partial charge in [0, 0.05) is 18.9 Å². The molecule has 0 spiro atoms. The molecule has 0 radical (unpaired) electrons. The minimum atomic E-state index is 0.329. The molecule has 1 aliphatic rings. The van der Waals surface area contributed by atoms with Crippen LogP contribution in [0.5, 0.6) is 0 Å². The van der Waals surface area contributed by atoms with E-state index in [4.69, 9.17) is 0 Å². The molecular formula is C14H22N6. The molecule has 2 aromatic heterocycles. The number of hydrogen-bond donors (Lipinski definition) is 1. The third-order valence-electron chi connectivity index (χ3n) is 4.37. The Hall–Kier alpha value is -1.69. The predicted molar refractivity (Wildman–Crippen MR) is 78.8 cm³/mol. The van der Waals surface area contributed by atoms with Crippen LogP contribution in [0, 0.1) is 12.3 Å². The summed E-state index contributed by atoms with van der Waals surface area (Å²) >= 11 is 0. The van der Waals surface area contributed by atoms with Gasteiger partial charge in [-0.3, -0.25) is 4.40 Å². The molecule has 0 unspecified atom stereocenters. The number of nitrogens with one attached hydrogen (secondary N) is 1. The van der Waals surface area contributed by atoms with Crippen molar-refractivity contribution in [3.63, 3.8) is 0 Å². The second kappa shape index (κ2) is 5.01. The summed E-state index contributed by atoms with van der Waals surface area (Å²) in [5.74, 6) is 1.71. The van der Waals surface area contributed by atoms with Crippen molar-refractivity contribution in [2.24, 2.45) is 5.41 Å². The molecule has 0 aliphatic carbocycles. The Morgan fingerprint density at radius 1 is 1.30 bits per heavy atom. The van der Waals surface area contributed by atoms with E-state index in [-0.39, 0.29) is 0 Å². The lowest BCUT2D eigenvalue weighted by Crippen LogP contribution is -2.40. The Morgan fingerprint density at radius 2 is 2.05 bits per heavy atom. The van der Waals surface area contributed by atoms with E-state index in [1.54, 1.807) is 6.20 Å². The third-order valence-corrected chi connectivity index (χ3v) is 4.37. The molecule has 1 saturated heterocycles. The van der Waals surface area contributed by atoms with E-state index in [0.717, 1.165) is 23.8 Å². The molecule has 6 nitrogen and oxygen atoms in total. The van der Waals surface area contributed by atoms with Crippen molar-refractivity contribution in [2.75, 3.05) is 32.0 Å². The number of likely N-dealkylation sites (tertiary alicyclic amines) is 1. The molecule has 0 aromatic carbocycles. The lowest BCUT2D eigenvalue weighted by molar-refractivity contribution is 0.150. The van der Waals surface area contributed by atoms with Gasteiger partial charge in [0.05, 0.1) is 0 Å². The Balaban J connectivity index is 1.74. The van der Waals surface area contributed by atoms with Gasteiger partial charge in [-0.25, -0.2) is 4.98 Å². The lowest BCUT2D eigenvalue weighted by atomic mass is 9.80. The number of rotatable bonds is 3. The molecule has 0 atom stereocenters. The molecule has 6 heteroatoms. The van der Waals surface area contributed by atoms with Crippen LogP contribution in [-0.2, 0) is 0 Å². The maximum absolute atomic E-state index is 4.41. The van der Waals surface area contributed by atoms with Crippen molar-refractivity contribution in [1.82, 2.24) is 24.5 Å². The number of aryl methyl sites for hydroxylation is 1. The van der Waals surface area contributed by atoms with Gasteiger partial charge in [-0.2, -0.15) is 0 Å². The molecule has 3 rings (SSSR count). The summed E-state index contributed by atoms with van der Waals surface area (Å²) in [6.45, 7) is 7.56. The van der Waals surface area contributed by atoms with E-state index >= 15 is 0 Å². The summed E-state index contributed by atoms with van der Waals surface area (Å²) < 4.78 is 1.96. The van der Waals surface area contributed by atoms with Gasteiger partial charge in [-0.15, -0.1) is 10.2 Å². The van der Waals surface area contributed by atoms with E-state index in [9.17, 15) is 0 Å². The lowest BCUT2D eigenvalue weighted by Gasteiger charge is -2.38. The van der Waals surface area contributed by atoms with E-state index in [1.165, 1.54) is 25.9 Å². The van der Waals surface area contributed by atoms with Gasteiger partial charge >= 0.3 is 0 Å². The molecule has 1 fully saturated rings. The van der Waals surface area contributed by atoms with Crippen LogP contribution >= 0.6 is 0 Å². The monoisotopic (exact) mass is 274 g/mol. The Morgan fingerprint density at radius 3 is 2.80 bits per heavy atom. The van der Waals surface area contributed by atoms with Crippen LogP contribution < -0.4 is 5.32 Å². The van der Waals surface area contributed by atoms with Gasteiger partial charge in [-0.05, 0) is 45.3 Å². The van der Waals surface area contributed by atoms with Crippen molar-refractivity contribution < 1.29 is 0 Å². The Labute approximate surface area is 119 Å². The molecule has 1 N–H and O–H groups in total. The van der Waals surface area contributed by atoms with Crippen molar-refractivity contribution in [2.45, 2.75) is 26.7 Å². The van der Waals surface area contributed by atoms with Crippen LogP contribution in [0.25, 0.3) is 5.65 Å². The molecule has 3 heterocycles. The van der Waals surface area contributed by atoms with Crippen LogP contribution in [0.15, 0.2) is 12.4 Å². The zero-order valence-corrected chi connectivity index (χ0v) is 12.4. The third kappa shape index (κ3) is 2.47. The second-order valence-corrected chi connectivity index (χ2v) is 6.18. The minimum absolute atomic E-state index is 0.329. The van der Waals surface area contributed by atoms with Crippen LogP contribution in [0.2, 0.25) is 0 Å². The highest BCUT2D eigenvalue weighted by Gasteiger charge is 2.28. The number of hydrogen-bond acceptors (Lipinski definition) is 5. The van der Waals surface area contributed by atoms with Gasteiger partial charge in [0.1, 0.15) is 5.82 Å². The van der Waals surface area contributed by atoms with Crippen molar-refractivity contribution in [3.05, 3.63) is 18.2 Å². The SMILES string of the molecule is Cc1nnc2c(NCC3(C)CCN(C)CC3)nccn12. The fourth-order valence-electron chi connectivity index (χ4n) is 2.70. The standard InChI is InChI=1S/C14H22N6/c1-11-17-18-13-12(15-6-9-20(11)13)16-10-14(2)4-7-19(3)8-5-14/h6,9H,4-5,7-8,10H2,1-3H3,(H,15,16). The average molecular weight is 274 g/mol. The van der Waals surface area contributed by atoms with Gasteiger partial charge in [0.2, 0.25) is 5.65 Å². The summed E-state index contributed by atoms with van der Waals surface area (Å²) in [6, 6.07) is 0. The first-order chi connectivity index (χ1) is 9.57. The largest absolute Gasteiger partial charge is 0.366 e. The van der Waals surface area contributed by atoms with Gasteiger partial charge in [0.15, 0.2) is 5.82 Å². The normalized spacial score (nSPS) is 19.4. The number of anilines is 1. The first-order valence-corrected chi connectivity index (χ1v) is 7.16. The first-order valence-electron chi connectivity index (χ1n) is 7.16. The highest BCUT2D eigenvalue weighted by atomic mass is 15.3. The van der Waals surface area contributed by atoms with Crippen molar-refractivity contribution in [3.8, 4) is 0 Å². The number of aromatic nitrogens is 4.